The molecule has 2 aliphatic rings. The molecule has 0 spiro atoms. The molecule has 9 heteroatoms. The fraction of sp³-hybridized carbons (Fsp3) is 0.462. The number of anilines is 1. The summed E-state index contributed by atoms with van der Waals surface area (Å²) in [5.41, 5.74) is 1.81. The summed E-state index contributed by atoms with van der Waals surface area (Å²) >= 11 is 0. The highest BCUT2D eigenvalue weighted by atomic mass is 16.2. The molecular formula is C26H33N7O2. The summed E-state index contributed by atoms with van der Waals surface area (Å²) in [6, 6.07) is 6.84. The van der Waals surface area contributed by atoms with Gasteiger partial charge in [0.2, 0.25) is 5.91 Å². The van der Waals surface area contributed by atoms with Gasteiger partial charge in [-0.05, 0) is 56.0 Å². The van der Waals surface area contributed by atoms with Crippen molar-refractivity contribution in [2.75, 3.05) is 11.9 Å². The maximum atomic E-state index is 13.0. The summed E-state index contributed by atoms with van der Waals surface area (Å²) in [7, 11) is 0. The molecule has 0 aromatic carbocycles. The number of pyridine rings is 2. The normalized spacial score (nSPS) is 17.2. The molecule has 2 aromatic heterocycles. The number of rotatable bonds is 3. The van der Waals surface area contributed by atoms with Crippen LogP contribution in [-0.2, 0) is 17.8 Å². The first-order valence-corrected chi connectivity index (χ1v) is 11.9. The van der Waals surface area contributed by atoms with Gasteiger partial charge >= 0.3 is 0 Å². The molecule has 3 N–H and O–H groups in total. The largest absolute Gasteiger partial charge is 0.338 e. The first-order chi connectivity index (χ1) is 16.4. The van der Waals surface area contributed by atoms with Crippen LogP contribution in [0.25, 0.3) is 0 Å². The Morgan fingerprint density at radius 3 is 2.51 bits per heavy atom. The van der Waals surface area contributed by atoms with Crippen LogP contribution in [0.5, 0.6) is 0 Å². The molecule has 2 aromatic rings. The molecule has 0 aliphatic carbocycles. The quantitative estimate of drug-likeness (QED) is 0.459. The van der Waals surface area contributed by atoms with Crippen molar-refractivity contribution in [2.45, 2.75) is 66.0 Å². The summed E-state index contributed by atoms with van der Waals surface area (Å²) < 4.78 is 0. The van der Waals surface area contributed by atoms with E-state index in [1.807, 2.05) is 39.5 Å². The van der Waals surface area contributed by atoms with E-state index >= 15 is 0 Å². The minimum Gasteiger partial charge on any atom is -0.338 e. The van der Waals surface area contributed by atoms with Crippen molar-refractivity contribution in [3.63, 3.8) is 0 Å². The van der Waals surface area contributed by atoms with Crippen LogP contribution >= 0.6 is 0 Å². The van der Waals surface area contributed by atoms with Crippen molar-refractivity contribution in [1.29, 1.82) is 10.8 Å². The second-order valence-electron chi connectivity index (χ2n) is 10.9. The van der Waals surface area contributed by atoms with Gasteiger partial charge in [0.15, 0.2) is 5.84 Å². The van der Waals surface area contributed by atoms with Gasteiger partial charge < -0.3 is 15.1 Å². The Morgan fingerprint density at radius 2 is 1.86 bits per heavy atom. The summed E-state index contributed by atoms with van der Waals surface area (Å²) in [5.74, 6) is 0.531. The van der Waals surface area contributed by atoms with E-state index < -0.39 is 11.3 Å². The van der Waals surface area contributed by atoms with Crippen molar-refractivity contribution in [3.05, 3.63) is 53.0 Å². The van der Waals surface area contributed by atoms with Crippen molar-refractivity contribution < 1.29 is 9.59 Å². The van der Waals surface area contributed by atoms with Crippen LogP contribution in [0.2, 0.25) is 0 Å². The van der Waals surface area contributed by atoms with Crippen molar-refractivity contribution in [3.8, 4) is 0 Å². The van der Waals surface area contributed by atoms with Gasteiger partial charge in [-0.2, -0.15) is 0 Å². The molecule has 0 atom stereocenters. The molecule has 2 aliphatic heterocycles. The molecule has 0 unspecified atom stereocenters. The molecular weight excluding hydrogens is 442 g/mol. The fourth-order valence-electron chi connectivity index (χ4n) is 4.59. The van der Waals surface area contributed by atoms with E-state index in [0.29, 0.717) is 43.3 Å². The van der Waals surface area contributed by atoms with Gasteiger partial charge in [-0.1, -0.05) is 26.8 Å². The summed E-state index contributed by atoms with van der Waals surface area (Å²) in [6.45, 7) is 10.8. The lowest BCUT2D eigenvalue weighted by Gasteiger charge is -2.33. The van der Waals surface area contributed by atoms with Crippen LogP contribution in [-0.4, -0.2) is 55.3 Å². The maximum Gasteiger partial charge on any atom is 0.275 e. The van der Waals surface area contributed by atoms with Crippen molar-refractivity contribution in [2.24, 2.45) is 5.41 Å². The summed E-state index contributed by atoms with van der Waals surface area (Å²) in [4.78, 5) is 38.0. The Hall–Kier alpha value is -3.62. The van der Waals surface area contributed by atoms with Gasteiger partial charge in [0.25, 0.3) is 5.91 Å². The molecule has 0 radical (unpaired) electrons. The van der Waals surface area contributed by atoms with E-state index in [9.17, 15) is 9.59 Å². The van der Waals surface area contributed by atoms with E-state index in [4.69, 9.17) is 10.8 Å². The van der Waals surface area contributed by atoms with Gasteiger partial charge in [0.05, 0.1) is 0 Å². The first-order valence-electron chi connectivity index (χ1n) is 11.9. The Bertz CT molecular complexity index is 1210. The van der Waals surface area contributed by atoms with E-state index in [1.165, 1.54) is 0 Å². The lowest BCUT2D eigenvalue weighted by atomic mass is 9.92. The molecule has 1 fully saturated rings. The summed E-state index contributed by atoms with van der Waals surface area (Å²) in [6.07, 6.45) is 3.84. The molecule has 184 valence electrons. The number of hydrogen-bond donors (Lipinski definition) is 3. The van der Waals surface area contributed by atoms with Crippen molar-refractivity contribution >= 4 is 29.3 Å². The zero-order valence-corrected chi connectivity index (χ0v) is 21.0. The monoisotopic (exact) mass is 475 g/mol. The fourth-order valence-corrected chi connectivity index (χ4v) is 4.59. The molecule has 4 rings (SSSR count). The second-order valence-corrected chi connectivity index (χ2v) is 10.9. The highest BCUT2D eigenvalue weighted by Crippen LogP contribution is 2.31. The molecule has 0 bridgehead atoms. The van der Waals surface area contributed by atoms with E-state index in [2.05, 4.69) is 15.3 Å². The van der Waals surface area contributed by atoms with Crippen LogP contribution in [0, 0.1) is 16.2 Å². The standard InChI is InChI=1S/C26H33N7O2/c1-25(2,3)24(35)32-12-10-16-14-29-19(13-17(16)15-32)23(34)31-21-8-6-7-18(30-21)22(28)33-20(27)9-11-26(33,4)5/h6-8,13-14,27-28H,9-12,15H2,1-5H3,(H,30,31,34). The van der Waals surface area contributed by atoms with Crippen molar-refractivity contribution in [1.82, 2.24) is 19.8 Å². The average Bonchev–Trinajstić information content (AvgIpc) is 3.08. The Labute approximate surface area is 206 Å². The zero-order chi connectivity index (χ0) is 25.5. The van der Waals surface area contributed by atoms with E-state index in [0.717, 1.165) is 17.5 Å². The number of likely N-dealkylation sites (tertiary alicyclic amines) is 1. The minimum absolute atomic E-state index is 0.0867. The van der Waals surface area contributed by atoms with Gasteiger partial charge in [-0.25, -0.2) is 4.98 Å². The molecule has 0 saturated carbocycles. The highest BCUT2D eigenvalue weighted by molar-refractivity contribution is 6.08. The van der Waals surface area contributed by atoms with Gasteiger partial charge in [0, 0.05) is 36.7 Å². The molecule has 35 heavy (non-hydrogen) atoms. The molecule has 9 nitrogen and oxygen atoms in total. The number of nitrogens with one attached hydrogen (secondary N) is 3. The predicted octanol–water partition coefficient (Wildman–Crippen LogP) is 3.84. The zero-order valence-electron chi connectivity index (χ0n) is 21.0. The van der Waals surface area contributed by atoms with Crippen LogP contribution in [0.4, 0.5) is 5.82 Å². The van der Waals surface area contributed by atoms with E-state index in [1.54, 1.807) is 35.4 Å². The number of carbonyl (C=O) groups excluding carboxylic acids is 2. The molecule has 4 heterocycles. The number of aromatic nitrogens is 2. The number of hydrogen-bond acceptors (Lipinski definition) is 6. The smallest absolute Gasteiger partial charge is 0.275 e. The Kier molecular flexibility index (Phi) is 6.21. The molecule has 2 amide bonds. The van der Waals surface area contributed by atoms with Gasteiger partial charge in [0.1, 0.15) is 23.0 Å². The predicted molar refractivity (Wildman–Crippen MR) is 135 cm³/mol. The lowest BCUT2D eigenvalue weighted by Crippen LogP contribution is -2.45. The second kappa shape index (κ2) is 8.87. The number of amidine groups is 2. The van der Waals surface area contributed by atoms with Crippen LogP contribution in [0.15, 0.2) is 30.5 Å². The van der Waals surface area contributed by atoms with Gasteiger partial charge in [-0.3, -0.25) is 25.4 Å². The number of carbonyl (C=O) groups is 2. The molecule has 1 saturated heterocycles. The lowest BCUT2D eigenvalue weighted by molar-refractivity contribution is -0.140. The minimum atomic E-state index is -0.460. The maximum absolute atomic E-state index is 13.0. The average molecular weight is 476 g/mol. The third-order valence-corrected chi connectivity index (χ3v) is 6.56. The third kappa shape index (κ3) is 4.94. The SMILES string of the molecule is CC(C)(C)C(=O)N1CCc2cnc(C(=O)Nc3cccc(C(=N)N4C(=N)CCC4(C)C)n3)cc2C1. The third-order valence-electron chi connectivity index (χ3n) is 6.56. The van der Waals surface area contributed by atoms with Crippen LogP contribution in [0.3, 0.4) is 0 Å². The number of nitrogens with zero attached hydrogens (tertiary/aromatic N) is 4. The van der Waals surface area contributed by atoms with Crippen LogP contribution in [0.1, 0.15) is 74.8 Å². The first kappa shape index (κ1) is 24.5. The number of amides is 2. The number of fused-ring (bicyclic) bond motifs is 1. The summed E-state index contributed by atoms with van der Waals surface area (Å²) in [5, 5.41) is 19.6. The van der Waals surface area contributed by atoms with Crippen LogP contribution < -0.4 is 5.32 Å². The Morgan fingerprint density at radius 1 is 1.11 bits per heavy atom. The Balaban J connectivity index is 1.50. The topological polar surface area (TPSA) is 126 Å². The highest BCUT2D eigenvalue weighted by Gasteiger charge is 2.38. The van der Waals surface area contributed by atoms with E-state index in [-0.39, 0.29) is 23.0 Å². The van der Waals surface area contributed by atoms with Gasteiger partial charge in [-0.15, -0.1) is 0 Å².